The molecule has 5 heteroatoms. The highest BCUT2D eigenvalue weighted by Gasteiger charge is 2.40. The minimum Gasteiger partial charge on any atom is -0.371 e. The van der Waals surface area contributed by atoms with Gasteiger partial charge in [-0.05, 0) is 12.1 Å². The van der Waals surface area contributed by atoms with Gasteiger partial charge in [0.1, 0.15) is 0 Å². The molecule has 4 rings (SSSR count). The van der Waals surface area contributed by atoms with E-state index in [0.29, 0.717) is 16.9 Å². The number of anilines is 2. The van der Waals surface area contributed by atoms with Gasteiger partial charge in [0.05, 0.1) is 17.4 Å². The fourth-order valence-corrected chi connectivity index (χ4v) is 3.57. The Morgan fingerprint density at radius 1 is 0.857 bits per heavy atom. The fourth-order valence-electron chi connectivity index (χ4n) is 3.47. The predicted octanol–water partition coefficient (Wildman–Crippen LogP) is 2.70. The van der Waals surface area contributed by atoms with Crippen LogP contribution in [0.2, 0.25) is 5.02 Å². The van der Waals surface area contributed by atoms with Crippen LogP contribution < -0.4 is 9.80 Å². The van der Waals surface area contributed by atoms with Crippen molar-refractivity contribution in [3.05, 3.63) is 47.7 Å². The molecule has 21 heavy (non-hydrogen) atoms. The summed E-state index contributed by atoms with van der Waals surface area (Å²) in [5.74, 6) is 2.20. The van der Waals surface area contributed by atoms with Crippen molar-refractivity contribution in [2.45, 2.75) is 0 Å². The Labute approximate surface area is 129 Å². The molecule has 2 aliphatic rings. The molecule has 2 saturated heterocycles. The number of nitrogens with zero attached hydrogens (tertiary/aromatic N) is 4. The highest BCUT2D eigenvalue weighted by molar-refractivity contribution is 6.30. The molecule has 0 bridgehead atoms. The number of fused-ring (bicyclic) bond motifs is 1. The molecule has 0 amide bonds. The van der Waals surface area contributed by atoms with Crippen molar-refractivity contribution in [3.8, 4) is 0 Å². The van der Waals surface area contributed by atoms with Gasteiger partial charge in [0, 0.05) is 43.7 Å². The molecule has 3 heterocycles. The predicted molar refractivity (Wildman–Crippen MR) is 84.9 cm³/mol. The lowest BCUT2D eigenvalue weighted by Gasteiger charge is -2.23. The van der Waals surface area contributed by atoms with Gasteiger partial charge in [-0.2, -0.15) is 0 Å². The summed E-state index contributed by atoms with van der Waals surface area (Å²) in [6.07, 6.45) is 3.35. The topological polar surface area (TPSA) is 32.3 Å². The highest BCUT2D eigenvalue weighted by atomic mass is 35.5. The molecule has 4 nitrogen and oxygen atoms in total. The van der Waals surface area contributed by atoms with Gasteiger partial charge >= 0.3 is 0 Å². The largest absolute Gasteiger partial charge is 0.371 e. The van der Waals surface area contributed by atoms with Crippen LogP contribution in [-0.2, 0) is 0 Å². The smallest absolute Gasteiger partial charge is 0.225 e. The van der Waals surface area contributed by atoms with E-state index < -0.39 is 0 Å². The molecule has 2 aromatic rings. The second-order valence-corrected chi connectivity index (χ2v) is 6.30. The minimum absolute atomic E-state index is 0.591. The number of benzene rings is 1. The highest BCUT2D eigenvalue weighted by Crippen LogP contribution is 2.35. The number of hydrogen-bond acceptors (Lipinski definition) is 4. The molecule has 0 saturated carbocycles. The van der Waals surface area contributed by atoms with E-state index in [2.05, 4.69) is 50.1 Å². The van der Waals surface area contributed by atoms with Crippen molar-refractivity contribution in [3.63, 3.8) is 0 Å². The third-order valence-electron chi connectivity index (χ3n) is 4.50. The molecule has 0 aliphatic carbocycles. The molecule has 2 unspecified atom stereocenters. The van der Waals surface area contributed by atoms with Crippen LogP contribution in [-0.4, -0.2) is 36.1 Å². The monoisotopic (exact) mass is 300 g/mol. The average molecular weight is 301 g/mol. The van der Waals surface area contributed by atoms with Crippen molar-refractivity contribution < 1.29 is 0 Å². The lowest BCUT2D eigenvalue weighted by Crippen LogP contribution is -2.29. The van der Waals surface area contributed by atoms with Crippen LogP contribution in [0, 0.1) is 11.8 Å². The van der Waals surface area contributed by atoms with Crippen LogP contribution in [0.3, 0.4) is 0 Å². The van der Waals surface area contributed by atoms with Crippen LogP contribution in [0.15, 0.2) is 42.7 Å². The summed E-state index contributed by atoms with van der Waals surface area (Å²) >= 11 is 5.85. The number of hydrogen-bond donors (Lipinski definition) is 0. The van der Waals surface area contributed by atoms with E-state index >= 15 is 0 Å². The standard InChI is InChI=1S/C16H17ClN4/c17-14-6-18-16(19-7-14)21-10-12-8-20(9-13(12)11-21)15-4-2-1-3-5-15/h1-7,12-13H,8-11H2. The first-order valence-corrected chi connectivity index (χ1v) is 7.70. The third kappa shape index (κ3) is 2.44. The molecule has 0 N–H and O–H groups in total. The maximum Gasteiger partial charge on any atom is 0.225 e. The second-order valence-electron chi connectivity index (χ2n) is 5.87. The van der Waals surface area contributed by atoms with Gasteiger partial charge in [0.2, 0.25) is 5.95 Å². The molecular formula is C16H17ClN4. The first-order valence-electron chi connectivity index (χ1n) is 7.32. The van der Waals surface area contributed by atoms with Gasteiger partial charge in [-0.3, -0.25) is 0 Å². The summed E-state index contributed by atoms with van der Waals surface area (Å²) in [4.78, 5) is 13.4. The van der Waals surface area contributed by atoms with Crippen molar-refractivity contribution in [1.29, 1.82) is 0 Å². The zero-order valence-electron chi connectivity index (χ0n) is 11.7. The lowest BCUT2D eigenvalue weighted by molar-refractivity contribution is 0.533. The van der Waals surface area contributed by atoms with E-state index in [0.717, 1.165) is 32.1 Å². The van der Waals surface area contributed by atoms with Gasteiger partial charge in [-0.15, -0.1) is 0 Å². The zero-order chi connectivity index (χ0) is 14.2. The van der Waals surface area contributed by atoms with Gasteiger partial charge in [0.25, 0.3) is 0 Å². The molecule has 0 spiro atoms. The molecular weight excluding hydrogens is 284 g/mol. The SMILES string of the molecule is Clc1cnc(N2CC3CN(c4ccccc4)CC3C2)nc1. The Morgan fingerprint density at radius 3 is 2.05 bits per heavy atom. The summed E-state index contributed by atoms with van der Waals surface area (Å²) in [6.45, 7) is 4.32. The Balaban J connectivity index is 1.45. The van der Waals surface area contributed by atoms with Crippen molar-refractivity contribution in [2.24, 2.45) is 11.8 Å². The van der Waals surface area contributed by atoms with Crippen molar-refractivity contribution in [2.75, 3.05) is 36.0 Å². The van der Waals surface area contributed by atoms with Crippen molar-refractivity contribution in [1.82, 2.24) is 9.97 Å². The van der Waals surface area contributed by atoms with Gasteiger partial charge in [-0.25, -0.2) is 9.97 Å². The number of aromatic nitrogens is 2. The Bertz CT molecular complexity index is 602. The van der Waals surface area contributed by atoms with E-state index in [1.54, 1.807) is 12.4 Å². The van der Waals surface area contributed by atoms with Crippen LogP contribution in [0.5, 0.6) is 0 Å². The summed E-state index contributed by atoms with van der Waals surface area (Å²) in [6, 6.07) is 10.7. The summed E-state index contributed by atoms with van der Waals surface area (Å²) in [7, 11) is 0. The maximum atomic E-state index is 5.85. The summed E-state index contributed by atoms with van der Waals surface area (Å²) < 4.78 is 0. The van der Waals surface area contributed by atoms with E-state index in [1.807, 2.05) is 0 Å². The first kappa shape index (κ1) is 12.9. The minimum atomic E-state index is 0.591. The van der Waals surface area contributed by atoms with E-state index in [1.165, 1.54) is 5.69 Å². The molecule has 1 aromatic carbocycles. The third-order valence-corrected chi connectivity index (χ3v) is 4.69. The Hall–Kier alpha value is -1.81. The molecule has 2 atom stereocenters. The maximum absolute atomic E-state index is 5.85. The number of rotatable bonds is 2. The number of para-hydroxylation sites is 1. The summed E-state index contributed by atoms with van der Waals surface area (Å²) in [5, 5.41) is 0.591. The van der Waals surface area contributed by atoms with E-state index in [4.69, 9.17) is 11.6 Å². The molecule has 2 aliphatic heterocycles. The fraction of sp³-hybridized carbons (Fsp3) is 0.375. The Morgan fingerprint density at radius 2 is 1.43 bits per heavy atom. The molecule has 2 fully saturated rings. The van der Waals surface area contributed by atoms with Crippen LogP contribution >= 0.6 is 11.6 Å². The van der Waals surface area contributed by atoms with Crippen LogP contribution in [0.25, 0.3) is 0 Å². The van der Waals surface area contributed by atoms with Crippen molar-refractivity contribution >= 4 is 23.2 Å². The normalized spacial score (nSPS) is 24.4. The molecule has 108 valence electrons. The van der Waals surface area contributed by atoms with Gasteiger partial charge < -0.3 is 9.80 Å². The summed E-state index contributed by atoms with van der Waals surface area (Å²) in [5.41, 5.74) is 1.33. The van der Waals surface area contributed by atoms with E-state index in [-0.39, 0.29) is 0 Å². The van der Waals surface area contributed by atoms with Gasteiger partial charge in [0.15, 0.2) is 0 Å². The lowest BCUT2D eigenvalue weighted by atomic mass is 10.0. The quantitative estimate of drug-likeness (QED) is 0.853. The van der Waals surface area contributed by atoms with E-state index in [9.17, 15) is 0 Å². The second kappa shape index (κ2) is 5.19. The van der Waals surface area contributed by atoms with Crippen LogP contribution in [0.4, 0.5) is 11.6 Å². The first-order chi connectivity index (χ1) is 10.3. The number of halogens is 1. The molecule has 0 radical (unpaired) electrons. The van der Waals surface area contributed by atoms with Crippen LogP contribution in [0.1, 0.15) is 0 Å². The van der Waals surface area contributed by atoms with Gasteiger partial charge in [-0.1, -0.05) is 29.8 Å². The average Bonchev–Trinajstić information content (AvgIpc) is 3.07. The Kier molecular flexibility index (Phi) is 3.19. The zero-order valence-corrected chi connectivity index (χ0v) is 12.4. The molecule has 1 aromatic heterocycles.